The molecule has 2 unspecified atom stereocenters. The largest absolute Gasteiger partial charge is 0.466 e. The second-order valence-corrected chi connectivity index (χ2v) is 23.2. The summed E-state index contributed by atoms with van der Waals surface area (Å²) in [5.74, 6) is -0.0723. The van der Waals surface area contributed by atoms with Crippen LogP contribution < -0.4 is 5.32 Å². The molecule has 0 aromatic carbocycles. The Hall–Kier alpha value is -1.92. The highest BCUT2D eigenvalue weighted by Gasteiger charge is 2.18. The second kappa shape index (κ2) is 64.6. The molecule has 0 aliphatic heterocycles. The van der Waals surface area contributed by atoms with Gasteiger partial charge in [-0.05, 0) is 64.2 Å². The van der Waals surface area contributed by atoms with Crippen LogP contribution in [0.15, 0.2) is 36.5 Å². The number of aliphatic hydroxyl groups excluding tert-OH is 2. The van der Waals surface area contributed by atoms with Crippen LogP contribution in [0, 0.1) is 0 Å². The first kappa shape index (κ1) is 73.1. The van der Waals surface area contributed by atoms with Gasteiger partial charge in [0, 0.05) is 12.8 Å². The zero-order chi connectivity index (χ0) is 54.3. The van der Waals surface area contributed by atoms with Crippen LogP contribution in [0.4, 0.5) is 0 Å². The third kappa shape index (κ3) is 61.2. The van der Waals surface area contributed by atoms with Crippen LogP contribution in [-0.4, -0.2) is 47.4 Å². The van der Waals surface area contributed by atoms with Gasteiger partial charge in [-0.1, -0.05) is 326 Å². The minimum atomic E-state index is -0.848. The number of nitrogens with one attached hydrogen (secondary N) is 1. The number of amides is 1. The van der Waals surface area contributed by atoms with E-state index in [1.165, 1.54) is 289 Å². The van der Waals surface area contributed by atoms with Gasteiger partial charge in [-0.2, -0.15) is 0 Å². The van der Waals surface area contributed by atoms with E-state index in [0.29, 0.717) is 19.4 Å². The summed E-state index contributed by atoms with van der Waals surface area (Å²) in [5, 5.41) is 23.3. The molecule has 0 saturated heterocycles. The van der Waals surface area contributed by atoms with Crippen molar-refractivity contribution < 1.29 is 24.5 Å². The summed E-state index contributed by atoms with van der Waals surface area (Å²) in [4.78, 5) is 24.6. The van der Waals surface area contributed by atoms with Crippen molar-refractivity contribution in [1.29, 1.82) is 0 Å². The molecule has 2 atom stereocenters. The first-order valence-electron chi connectivity index (χ1n) is 33.8. The van der Waals surface area contributed by atoms with E-state index >= 15 is 0 Å². The van der Waals surface area contributed by atoms with Gasteiger partial charge in [0.1, 0.15) is 0 Å². The Bertz CT molecular complexity index is 1210. The van der Waals surface area contributed by atoms with Gasteiger partial charge < -0.3 is 20.3 Å². The molecule has 0 saturated carbocycles. The van der Waals surface area contributed by atoms with E-state index < -0.39 is 12.1 Å². The number of aliphatic hydroxyl groups is 2. The van der Waals surface area contributed by atoms with Crippen LogP contribution in [0.1, 0.15) is 367 Å². The minimum Gasteiger partial charge on any atom is -0.466 e. The number of carbonyl (C=O) groups is 2. The topological polar surface area (TPSA) is 95.9 Å². The van der Waals surface area contributed by atoms with Gasteiger partial charge in [0.25, 0.3) is 0 Å². The van der Waals surface area contributed by atoms with Gasteiger partial charge in [0.15, 0.2) is 0 Å². The number of allylic oxidation sites excluding steroid dienone is 5. The SMILES string of the molecule is CCCCCC/C=C\C/C=C\CCCCCCCC(=O)OCCCCCCCCCCCCCCCCCCCCCC(=O)NC(CO)C(O)/C=C/CCCCCCCCCCCCCCCCCCCCCCC. The van der Waals surface area contributed by atoms with E-state index in [2.05, 4.69) is 43.5 Å². The number of hydrogen-bond donors (Lipinski definition) is 3. The van der Waals surface area contributed by atoms with Crippen LogP contribution >= 0.6 is 0 Å². The summed E-state index contributed by atoms with van der Waals surface area (Å²) in [5.41, 5.74) is 0. The molecule has 0 aromatic heterocycles. The average molecular weight is 1050 g/mol. The molecule has 0 rings (SSSR count). The molecule has 0 radical (unpaired) electrons. The van der Waals surface area contributed by atoms with Gasteiger partial charge in [0.05, 0.1) is 25.4 Å². The highest BCUT2D eigenvalue weighted by molar-refractivity contribution is 5.76. The molecule has 442 valence electrons. The molecule has 6 nitrogen and oxygen atoms in total. The Morgan fingerprint density at radius 3 is 1.03 bits per heavy atom. The molecule has 1 amide bonds. The van der Waals surface area contributed by atoms with E-state index in [1.807, 2.05) is 6.08 Å². The van der Waals surface area contributed by atoms with E-state index in [0.717, 1.165) is 51.4 Å². The number of unbranched alkanes of at least 4 members (excludes halogenated alkanes) is 48. The maximum atomic E-state index is 12.5. The molecule has 0 spiro atoms. The van der Waals surface area contributed by atoms with Crippen LogP contribution in [0.3, 0.4) is 0 Å². The Morgan fingerprint density at radius 1 is 0.373 bits per heavy atom. The third-order valence-corrected chi connectivity index (χ3v) is 15.7. The molecule has 0 aliphatic carbocycles. The van der Waals surface area contributed by atoms with Crippen molar-refractivity contribution in [1.82, 2.24) is 5.32 Å². The van der Waals surface area contributed by atoms with Crippen molar-refractivity contribution in [3.8, 4) is 0 Å². The van der Waals surface area contributed by atoms with Crippen LogP contribution in [0.5, 0.6) is 0 Å². The highest BCUT2D eigenvalue weighted by Crippen LogP contribution is 2.18. The van der Waals surface area contributed by atoms with E-state index in [-0.39, 0.29) is 18.5 Å². The normalized spacial score (nSPS) is 12.7. The third-order valence-electron chi connectivity index (χ3n) is 15.7. The first-order valence-corrected chi connectivity index (χ1v) is 33.8. The van der Waals surface area contributed by atoms with E-state index in [1.54, 1.807) is 6.08 Å². The Labute approximate surface area is 468 Å². The lowest BCUT2D eigenvalue weighted by molar-refractivity contribution is -0.143. The van der Waals surface area contributed by atoms with E-state index in [9.17, 15) is 19.8 Å². The number of carbonyl (C=O) groups excluding carboxylic acids is 2. The van der Waals surface area contributed by atoms with Gasteiger partial charge in [-0.25, -0.2) is 0 Å². The number of hydrogen-bond acceptors (Lipinski definition) is 5. The summed E-state index contributed by atoms with van der Waals surface area (Å²) in [6.07, 6.45) is 82.0. The van der Waals surface area contributed by atoms with Crippen LogP contribution in [0.2, 0.25) is 0 Å². The molecule has 0 heterocycles. The predicted octanol–water partition coefficient (Wildman–Crippen LogP) is 21.5. The van der Waals surface area contributed by atoms with Gasteiger partial charge in [-0.15, -0.1) is 0 Å². The molecule has 75 heavy (non-hydrogen) atoms. The standard InChI is InChI=1S/C69H131NO5/c1-3-5-7-9-11-13-15-17-19-21-22-23-24-25-27-30-33-37-41-45-49-53-57-61-67(72)66(65-71)70-68(73)62-58-54-50-46-42-38-34-31-28-26-29-32-36-40-44-48-52-56-60-64-75-69(74)63-59-55-51-47-43-39-35-20-18-16-14-12-10-8-6-4-2/h14,16,20,35,57,61,66-67,71-72H,3-13,15,17-19,21-34,36-56,58-60,62-65H2,1-2H3,(H,70,73)/b16-14-,35-20-,61-57+. The summed E-state index contributed by atoms with van der Waals surface area (Å²) in [7, 11) is 0. The Morgan fingerprint density at radius 2 is 0.667 bits per heavy atom. The summed E-state index contributed by atoms with van der Waals surface area (Å²) < 4.78 is 5.48. The predicted molar refractivity (Wildman–Crippen MR) is 329 cm³/mol. The maximum Gasteiger partial charge on any atom is 0.305 e. The molecule has 6 heteroatoms. The van der Waals surface area contributed by atoms with Crippen LogP contribution in [-0.2, 0) is 14.3 Å². The van der Waals surface area contributed by atoms with E-state index in [4.69, 9.17) is 4.74 Å². The zero-order valence-corrected chi connectivity index (χ0v) is 50.5. The molecule has 0 bridgehead atoms. The zero-order valence-electron chi connectivity index (χ0n) is 50.5. The summed E-state index contributed by atoms with van der Waals surface area (Å²) in [6.45, 7) is 4.90. The molecule has 3 N–H and O–H groups in total. The van der Waals surface area contributed by atoms with Crippen molar-refractivity contribution in [2.75, 3.05) is 13.2 Å². The average Bonchev–Trinajstić information content (AvgIpc) is 3.41. The van der Waals surface area contributed by atoms with Gasteiger partial charge in [-0.3, -0.25) is 9.59 Å². The van der Waals surface area contributed by atoms with Crippen molar-refractivity contribution in [3.05, 3.63) is 36.5 Å². The monoisotopic (exact) mass is 1050 g/mol. The lowest BCUT2D eigenvalue weighted by Gasteiger charge is -2.20. The maximum absolute atomic E-state index is 12.5. The molecular formula is C69H131NO5. The fraction of sp³-hybridized carbons (Fsp3) is 0.884. The fourth-order valence-corrected chi connectivity index (χ4v) is 10.5. The summed E-state index contributed by atoms with van der Waals surface area (Å²) >= 11 is 0. The number of rotatable bonds is 63. The van der Waals surface area contributed by atoms with Crippen molar-refractivity contribution in [2.24, 2.45) is 0 Å². The van der Waals surface area contributed by atoms with Gasteiger partial charge >= 0.3 is 5.97 Å². The number of ether oxygens (including phenoxy) is 1. The lowest BCUT2D eigenvalue weighted by Crippen LogP contribution is -2.45. The number of esters is 1. The molecule has 0 aromatic rings. The molecular weight excluding hydrogens is 923 g/mol. The van der Waals surface area contributed by atoms with Gasteiger partial charge in [0.2, 0.25) is 5.91 Å². The first-order chi connectivity index (χ1) is 37.0. The van der Waals surface area contributed by atoms with Crippen molar-refractivity contribution in [2.45, 2.75) is 379 Å². The quantitative estimate of drug-likeness (QED) is 0.0320. The summed E-state index contributed by atoms with van der Waals surface area (Å²) in [6, 6.07) is -0.632. The Balaban J connectivity index is 3.44. The highest BCUT2D eigenvalue weighted by atomic mass is 16.5. The fourth-order valence-electron chi connectivity index (χ4n) is 10.5. The minimum absolute atomic E-state index is 0.00459. The lowest BCUT2D eigenvalue weighted by atomic mass is 10.0. The molecule has 0 fully saturated rings. The Kier molecular flexibility index (Phi) is 63.0. The van der Waals surface area contributed by atoms with Crippen molar-refractivity contribution >= 4 is 11.9 Å². The second-order valence-electron chi connectivity index (χ2n) is 23.2. The van der Waals surface area contributed by atoms with Crippen LogP contribution in [0.25, 0.3) is 0 Å². The van der Waals surface area contributed by atoms with Crippen molar-refractivity contribution in [3.63, 3.8) is 0 Å². The molecule has 0 aliphatic rings. The smallest absolute Gasteiger partial charge is 0.305 e.